The summed E-state index contributed by atoms with van der Waals surface area (Å²) in [5.74, 6) is -0.352. The fourth-order valence-corrected chi connectivity index (χ4v) is 2.81. The molecule has 0 unspecified atom stereocenters. The maximum Gasteiger partial charge on any atom is 0.335 e. The minimum absolute atomic E-state index is 0.207. The molecular weight excluding hydrogens is 328 g/mol. The molecule has 0 aliphatic rings. The third kappa shape index (κ3) is 2.98. The molecule has 0 radical (unpaired) electrons. The lowest BCUT2D eigenvalue weighted by molar-refractivity contribution is 0.0697. The number of hydrogen-bond acceptors (Lipinski definition) is 4. The van der Waals surface area contributed by atoms with Crippen molar-refractivity contribution in [1.29, 1.82) is 0 Å². The first-order valence-corrected chi connectivity index (χ1v) is 7.61. The highest BCUT2D eigenvalue weighted by Gasteiger charge is 2.13. The lowest BCUT2D eigenvalue weighted by Crippen LogP contribution is -2.00. The van der Waals surface area contributed by atoms with E-state index in [2.05, 4.69) is 10.3 Å². The van der Waals surface area contributed by atoms with Gasteiger partial charge < -0.3 is 15.2 Å². The Bertz CT molecular complexity index is 941. The quantitative estimate of drug-likeness (QED) is 0.722. The fourth-order valence-electron chi connectivity index (χ4n) is 2.55. The molecule has 2 aromatic carbocycles. The van der Waals surface area contributed by atoms with Crippen LogP contribution in [0.15, 0.2) is 42.5 Å². The number of anilines is 2. The number of benzene rings is 2. The minimum Gasteiger partial charge on any atom is -0.494 e. The first-order valence-electron chi connectivity index (χ1n) is 7.24. The van der Waals surface area contributed by atoms with Crippen molar-refractivity contribution in [2.24, 2.45) is 0 Å². The van der Waals surface area contributed by atoms with Gasteiger partial charge in [0.1, 0.15) is 11.3 Å². The molecule has 122 valence electrons. The Morgan fingerprint density at radius 2 is 2.04 bits per heavy atom. The van der Waals surface area contributed by atoms with Gasteiger partial charge in [0.2, 0.25) is 0 Å². The van der Waals surface area contributed by atoms with E-state index in [-0.39, 0.29) is 5.56 Å². The van der Waals surface area contributed by atoms with Crippen molar-refractivity contribution in [3.05, 3.63) is 58.7 Å². The van der Waals surface area contributed by atoms with Crippen LogP contribution in [0.5, 0.6) is 5.75 Å². The molecule has 0 saturated heterocycles. The normalized spacial score (nSPS) is 10.6. The van der Waals surface area contributed by atoms with Crippen molar-refractivity contribution >= 4 is 39.8 Å². The molecule has 3 rings (SSSR count). The molecule has 2 N–H and O–H groups in total. The van der Waals surface area contributed by atoms with Crippen LogP contribution >= 0.6 is 11.6 Å². The maximum atomic E-state index is 11.1. The van der Waals surface area contributed by atoms with E-state index in [1.54, 1.807) is 43.5 Å². The van der Waals surface area contributed by atoms with Gasteiger partial charge in [0.25, 0.3) is 0 Å². The molecule has 0 atom stereocenters. The molecular formula is C18H15ClN2O3. The number of carboxylic acids is 1. The van der Waals surface area contributed by atoms with Crippen LogP contribution < -0.4 is 10.1 Å². The summed E-state index contributed by atoms with van der Waals surface area (Å²) in [5.41, 5.74) is 3.05. The largest absolute Gasteiger partial charge is 0.494 e. The van der Waals surface area contributed by atoms with Gasteiger partial charge in [-0.15, -0.1) is 0 Å². The molecule has 1 aromatic heterocycles. The number of pyridine rings is 1. The van der Waals surface area contributed by atoms with E-state index in [0.717, 1.165) is 16.8 Å². The van der Waals surface area contributed by atoms with E-state index in [9.17, 15) is 4.79 Å². The number of aromatic carboxylic acids is 1. The SMILES string of the molecule is COc1ccc(Cl)c2c(Nc3cccc(C(=O)O)c3)cc(C)nc12. The summed E-state index contributed by atoms with van der Waals surface area (Å²) >= 11 is 6.36. The van der Waals surface area contributed by atoms with E-state index >= 15 is 0 Å². The number of hydrogen-bond donors (Lipinski definition) is 2. The summed E-state index contributed by atoms with van der Waals surface area (Å²) in [4.78, 5) is 15.6. The van der Waals surface area contributed by atoms with Gasteiger partial charge in [-0.3, -0.25) is 0 Å². The number of nitrogens with one attached hydrogen (secondary N) is 1. The minimum atomic E-state index is -0.978. The van der Waals surface area contributed by atoms with Crippen LogP contribution in [0.3, 0.4) is 0 Å². The summed E-state index contributed by atoms with van der Waals surface area (Å²) in [6, 6.07) is 12.0. The predicted molar refractivity (Wildman–Crippen MR) is 94.7 cm³/mol. The van der Waals surface area contributed by atoms with Crippen LogP contribution in [0.4, 0.5) is 11.4 Å². The smallest absolute Gasteiger partial charge is 0.335 e. The average molecular weight is 343 g/mol. The van der Waals surface area contributed by atoms with Crippen LogP contribution in [0.1, 0.15) is 16.1 Å². The van der Waals surface area contributed by atoms with Crippen LogP contribution in [0.2, 0.25) is 5.02 Å². The zero-order valence-electron chi connectivity index (χ0n) is 13.1. The number of ether oxygens (including phenoxy) is 1. The maximum absolute atomic E-state index is 11.1. The Morgan fingerprint density at radius 3 is 2.75 bits per heavy atom. The Morgan fingerprint density at radius 1 is 1.25 bits per heavy atom. The zero-order valence-corrected chi connectivity index (χ0v) is 13.9. The fraction of sp³-hybridized carbons (Fsp3) is 0.111. The lowest BCUT2D eigenvalue weighted by atomic mass is 10.1. The number of carbonyl (C=O) groups is 1. The number of methoxy groups -OCH3 is 1. The molecule has 0 fully saturated rings. The monoisotopic (exact) mass is 342 g/mol. The molecule has 3 aromatic rings. The van der Waals surface area contributed by atoms with E-state index in [1.807, 2.05) is 13.0 Å². The third-order valence-corrected chi connectivity index (χ3v) is 3.92. The van der Waals surface area contributed by atoms with Gasteiger partial charge in [-0.2, -0.15) is 0 Å². The van der Waals surface area contributed by atoms with E-state index in [4.69, 9.17) is 21.4 Å². The van der Waals surface area contributed by atoms with Gasteiger partial charge in [0, 0.05) is 16.8 Å². The number of halogens is 1. The molecule has 0 aliphatic heterocycles. The van der Waals surface area contributed by atoms with Gasteiger partial charge in [-0.25, -0.2) is 9.78 Å². The first-order chi connectivity index (χ1) is 11.5. The summed E-state index contributed by atoms with van der Waals surface area (Å²) in [6.07, 6.45) is 0. The highest BCUT2D eigenvalue weighted by Crippen LogP contribution is 2.36. The molecule has 0 amide bonds. The first kappa shape index (κ1) is 16.1. The predicted octanol–water partition coefficient (Wildman–Crippen LogP) is 4.65. The van der Waals surface area contributed by atoms with E-state index < -0.39 is 5.97 Å². The summed E-state index contributed by atoms with van der Waals surface area (Å²) in [5, 5.41) is 13.6. The molecule has 24 heavy (non-hydrogen) atoms. The summed E-state index contributed by atoms with van der Waals surface area (Å²) in [7, 11) is 1.58. The molecule has 6 heteroatoms. The number of aryl methyl sites for hydroxylation is 1. The second-order valence-electron chi connectivity index (χ2n) is 5.30. The standard InChI is InChI=1S/C18H15ClN2O3/c1-10-8-14(21-12-5-3-4-11(9-12)18(22)23)16-13(19)6-7-15(24-2)17(16)20-10/h3-9H,1-2H3,(H,20,21)(H,22,23). The molecule has 1 heterocycles. The van der Waals surface area contributed by atoms with Crippen LogP contribution in [0, 0.1) is 6.92 Å². The van der Waals surface area contributed by atoms with Crippen molar-refractivity contribution < 1.29 is 14.6 Å². The lowest BCUT2D eigenvalue weighted by Gasteiger charge is -2.14. The summed E-state index contributed by atoms with van der Waals surface area (Å²) < 4.78 is 5.37. The van der Waals surface area contributed by atoms with Gasteiger partial charge in [-0.05, 0) is 43.3 Å². The Balaban J connectivity index is 2.16. The van der Waals surface area contributed by atoms with Crippen molar-refractivity contribution in [3.63, 3.8) is 0 Å². The van der Waals surface area contributed by atoms with E-state index in [0.29, 0.717) is 22.0 Å². The van der Waals surface area contributed by atoms with Gasteiger partial charge >= 0.3 is 5.97 Å². The highest BCUT2D eigenvalue weighted by molar-refractivity contribution is 6.36. The molecule has 5 nitrogen and oxygen atoms in total. The number of aromatic nitrogens is 1. The third-order valence-electron chi connectivity index (χ3n) is 3.61. The average Bonchev–Trinajstić information content (AvgIpc) is 2.55. The number of rotatable bonds is 4. The van der Waals surface area contributed by atoms with Crippen LogP contribution in [0.25, 0.3) is 10.9 Å². The molecule has 0 saturated carbocycles. The second kappa shape index (κ2) is 6.37. The van der Waals surface area contributed by atoms with Gasteiger partial charge in [0.05, 0.1) is 23.4 Å². The van der Waals surface area contributed by atoms with E-state index in [1.165, 1.54) is 0 Å². The second-order valence-corrected chi connectivity index (χ2v) is 5.70. The molecule has 0 aliphatic carbocycles. The molecule has 0 spiro atoms. The van der Waals surface area contributed by atoms with Gasteiger partial charge in [0.15, 0.2) is 0 Å². The van der Waals surface area contributed by atoms with Crippen molar-refractivity contribution in [2.45, 2.75) is 6.92 Å². The Kier molecular flexibility index (Phi) is 4.27. The Hall–Kier alpha value is -2.79. The topological polar surface area (TPSA) is 71.5 Å². The Labute approximate surface area is 143 Å². The number of carboxylic acid groups (broad SMARTS) is 1. The number of nitrogens with zero attached hydrogens (tertiary/aromatic N) is 1. The molecule has 0 bridgehead atoms. The van der Waals surface area contributed by atoms with Crippen molar-refractivity contribution in [1.82, 2.24) is 4.98 Å². The van der Waals surface area contributed by atoms with Crippen molar-refractivity contribution in [2.75, 3.05) is 12.4 Å². The zero-order chi connectivity index (χ0) is 17.3. The number of fused-ring (bicyclic) bond motifs is 1. The summed E-state index contributed by atoms with van der Waals surface area (Å²) in [6.45, 7) is 1.87. The highest BCUT2D eigenvalue weighted by atomic mass is 35.5. The van der Waals surface area contributed by atoms with Crippen LogP contribution in [-0.2, 0) is 0 Å². The van der Waals surface area contributed by atoms with Crippen molar-refractivity contribution in [3.8, 4) is 5.75 Å². The van der Waals surface area contributed by atoms with Gasteiger partial charge in [-0.1, -0.05) is 17.7 Å². The van der Waals surface area contributed by atoms with Crippen LogP contribution in [-0.4, -0.2) is 23.2 Å².